The molecule has 0 bridgehead atoms. The molecule has 3 heteroatoms. The average molecular weight is 227 g/mol. The van der Waals surface area contributed by atoms with Gasteiger partial charge in [0.1, 0.15) is 0 Å². The maximum Gasteiger partial charge on any atom is 0.0616 e. The number of hydrogen-bond donors (Lipinski definition) is 1. The molecule has 0 aliphatic heterocycles. The van der Waals surface area contributed by atoms with E-state index in [4.69, 9.17) is 4.74 Å². The lowest BCUT2D eigenvalue weighted by Gasteiger charge is -2.21. The molecule has 0 amide bonds. The molecule has 0 radical (unpaired) electrons. The van der Waals surface area contributed by atoms with Gasteiger partial charge in [0, 0.05) is 23.6 Å². The molecule has 1 aromatic rings. The number of nitrogens with one attached hydrogen (secondary N) is 1. The molecule has 1 heterocycles. The average Bonchev–Trinajstić information content (AvgIpc) is 2.76. The van der Waals surface area contributed by atoms with Crippen LogP contribution < -0.4 is 5.32 Å². The van der Waals surface area contributed by atoms with Crippen LogP contribution in [0.2, 0.25) is 0 Å². The van der Waals surface area contributed by atoms with Gasteiger partial charge in [-0.2, -0.15) is 0 Å². The molecule has 0 aromatic carbocycles. The molecule has 1 aromatic heterocycles. The normalized spacial score (nSPS) is 15.1. The lowest BCUT2D eigenvalue weighted by Crippen LogP contribution is -2.33. The summed E-state index contributed by atoms with van der Waals surface area (Å²) in [7, 11) is 0. The molecule has 2 atom stereocenters. The summed E-state index contributed by atoms with van der Waals surface area (Å²) in [5.74, 6) is 0. The minimum absolute atomic E-state index is 0.414. The van der Waals surface area contributed by atoms with Crippen molar-refractivity contribution in [2.75, 3.05) is 13.2 Å². The van der Waals surface area contributed by atoms with Crippen LogP contribution in [0.25, 0.3) is 0 Å². The van der Waals surface area contributed by atoms with Crippen molar-refractivity contribution in [1.29, 1.82) is 0 Å². The van der Waals surface area contributed by atoms with Gasteiger partial charge < -0.3 is 10.1 Å². The van der Waals surface area contributed by atoms with Crippen molar-refractivity contribution in [2.24, 2.45) is 0 Å². The minimum atomic E-state index is 0.414. The molecule has 15 heavy (non-hydrogen) atoms. The van der Waals surface area contributed by atoms with Gasteiger partial charge in [-0.15, -0.1) is 11.3 Å². The predicted octanol–water partition coefficient (Wildman–Crippen LogP) is 3.21. The summed E-state index contributed by atoms with van der Waals surface area (Å²) < 4.78 is 5.40. The van der Waals surface area contributed by atoms with Gasteiger partial charge in [-0.25, -0.2) is 0 Å². The van der Waals surface area contributed by atoms with Crippen molar-refractivity contribution >= 4 is 11.3 Å². The first kappa shape index (κ1) is 12.7. The molecular weight excluding hydrogens is 206 g/mol. The van der Waals surface area contributed by atoms with Gasteiger partial charge in [-0.1, -0.05) is 13.0 Å². The van der Waals surface area contributed by atoms with Crippen molar-refractivity contribution < 1.29 is 4.74 Å². The van der Waals surface area contributed by atoms with Crippen molar-refractivity contribution in [3.63, 3.8) is 0 Å². The van der Waals surface area contributed by atoms with E-state index in [9.17, 15) is 0 Å². The second-order valence-electron chi connectivity index (χ2n) is 3.70. The van der Waals surface area contributed by atoms with Crippen molar-refractivity contribution in [1.82, 2.24) is 5.32 Å². The quantitative estimate of drug-likeness (QED) is 0.772. The summed E-state index contributed by atoms with van der Waals surface area (Å²) in [4.78, 5) is 1.42. The van der Waals surface area contributed by atoms with Crippen LogP contribution in [0.3, 0.4) is 0 Å². The van der Waals surface area contributed by atoms with Gasteiger partial charge in [-0.05, 0) is 31.7 Å². The molecule has 0 fully saturated rings. The van der Waals surface area contributed by atoms with E-state index in [1.165, 1.54) is 4.88 Å². The highest BCUT2D eigenvalue weighted by molar-refractivity contribution is 7.10. The third-order valence-electron chi connectivity index (χ3n) is 2.35. The fourth-order valence-electron chi connectivity index (χ4n) is 1.58. The standard InChI is InChI=1S/C12H21NOS/c1-4-11(12-7-6-8-15-12)13-10(3)9-14-5-2/h6-8,10-11,13H,4-5,9H2,1-3H3. The van der Waals surface area contributed by atoms with E-state index in [0.29, 0.717) is 12.1 Å². The van der Waals surface area contributed by atoms with E-state index in [-0.39, 0.29) is 0 Å². The predicted molar refractivity (Wildman–Crippen MR) is 66.4 cm³/mol. The molecule has 1 N–H and O–H groups in total. The van der Waals surface area contributed by atoms with Crippen LogP contribution in [0.5, 0.6) is 0 Å². The summed E-state index contributed by atoms with van der Waals surface area (Å²) in [6.45, 7) is 8.00. The number of hydrogen-bond acceptors (Lipinski definition) is 3. The fourth-order valence-corrected chi connectivity index (χ4v) is 2.45. The summed E-state index contributed by atoms with van der Waals surface area (Å²) >= 11 is 1.82. The van der Waals surface area contributed by atoms with Gasteiger partial charge in [0.15, 0.2) is 0 Å². The van der Waals surface area contributed by atoms with E-state index in [1.807, 2.05) is 18.3 Å². The maximum atomic E-state index is 5.40. The van der Waals surface area contributed by atoms with Crippen LogP contribution in [0, 0.1) is 0 Å². The van der Waals surface area contributed by atoms with E-state index < -0.39 is 0 Å². The van der Waals surface area contributed by atoms with E-state index in [0.717, 1.165) is 19.6 Å². The van der Waals surface area contributed by atoms with Gasteiger partial charge >= 0.3 is 0 Å². The highest BCUT2D eigenvalue weighted by atomic mass is 32.1. The van der Waals surface area contributed by atoms with Crippen molar-refractivity contribution in [2.45, 2.75) is 39.3 Å². The Morgan fingerprint density at radius 3 is 2.80 bits per heavy atom. The second kappa shape index (κ2) is 6.99. The van der Waals surface area contributed by atoms with E-state index in [2.05, 4.69) is 36.7 Å². The van der Waals surface area contributed by atoms with Gasteiger partial charge in [0.05, 0.1) is 6.61 Å². The van der Waals surface area contributed by atoms with E-state index in [1.54, 1.807) is 0 Å². The van der Waals surface area contributed by atoms with Crippen LogP contribution in [0.15, 0.2) is 17.5 Å². The molecule has 0 spiro atoms. The monoisotopic (exact) mass is 227 g/mol. The molecule has 86 valence electrons. The first-order chi connectivity index (χ1) is 7.27. The number of ether oxygens (including phenoxy) is 1. The summed E-state index contributed by atoms with van der Waals surface area (Å²) in [6.07, 6.45) is 1.12. The molecule has 0 aliphatic rings. The molecular formula is C12H21NOS. The molecule has 2 nitrogen and oxygen atoms in total. The highest BCUT2D eigenvalue weighted by Gasteiger charge is 2.12. The lowest BCUT2D eigenvalue weighted by molar-refractivity contribution is 0.123. The van der Waals surface area contributed by atoms with Crippen LogP contribution in [0.1, 0.15) is 38.1 Å². The van der Waals surface area contributed by atoms with Crippen molar-refractivity contribution in [3.05, 3.63) is 22.4 Å². The zero-order valence-electron chi connectivity index (χ0n) is 9.82. The van der Waals surface area contributed by atoms with Crippen LogP contribution >= 0.6 is 11.3 Å². The Morgan fingerprint density at radius 2 is 2.27 bits per heavy atom. The van der Waals surface area contributed by atoms with Gasteiger partial charge in [0.2, 0.25) is 0 Å². The Morgan fingerprint density at radius 1 is 1.47 bits per heavy atom. The minimum Gasteiger partial charge on any atom is -0.380 e. The third kappa shape index (κ3) is 4.33. The molecule has 0 saturated carbocycles. The Labute approximate surface area is 96.7 Å². The van der Waals surface area contributed by atoms with Gasteiger partial charge in [-0.3, -0.25) is 0 Å². The van der Waals surface area contributed by atoms with Crippen LogP contribution in [-0.4, -0.2) is 19.3 Å². The first-order valence-corrected chi connectivity index (χ1v) is 6.53. The zero-order valence-corrected chi connectivity index (χ0v) is 10.6. The Balaban J connectivity index is 2.40. The van der Waals surface area contributed by atoms with Gasteiger partial charge in [0.25, 0.3) is 0 Å². The van der Waals surface area contributed by atoms with Crippen LogP contribution in [0.4, 0.5) is 0 Å². The molecule has 0 aliphatic carbocycles. The topological polar surface area (TPSA) is 21.3 Å². The Bertz CT molecular complexity index is 248. The smallest absolute Gasteiger partial charge is 0.0616 e. The summed E-state index contributed by atoms with van der Waals surface area (Å²) in [6, 6.07) is 5.19. The Kier molecular flexibility index (Phi) is 5.91. The summed E-state index contributed by atoms with van der Waals surface area (Å²) in [5.41, 5.74) is 0. The fraction of sp³-hybridized carbons (Fsp3) is 0.667. The largest absolute Gasteiger partial charge is 0.380 e. The number of rotatable bonds is 7. The Hall–Kier alpha value is -0.380. The van der Waals surface area contributed by atoms with Crippen molar-refractivity contribution in [3.8, 4) is 0 Å². The number of thiophene rings is 1. The molecule has 0 saturated heterocycles. The van der Waals surface area contributed by atoms with Crippen LogP contribution in [-0.2, 0) is 4.74 Å². The van der Waals surface area contributed by atoms with E-state index >= 15 is 0 Å². The molecule has 2 unspecified atom stereocenters. The SMILES string of the molecule is CCOCC(C)NC(CC)c1cccs1. The molecule has 1 rings (SSSR count). The zero-order chi connectivity index (χ0) is 11.1. The lowest BCUT2D eigenvalue weighted by atomic mass is 10.1. The highest BCUT2D eigenvalue weighted by Crippen LogP contribution is 2.22. The summed E-state index contributed by atoms with van der Waals surface area (Å²) in [5, 5.41) is 5.72. The first-order valence-electron chi connectivity index (χ1n) is 5.65. The maximum absolute atomic E-state index is 5.40. The third-order valence-corrected chi connectivity index (χ3v) is 3.34. The second-order valence-corrected chi connectivity index (χ2v) is 4.68.